The Morgan fingerprint density at radius 2 is 1.44 bits per heavy atom. The van der Waals surface area contributed by atoms with E-state index in [-0.39, 0.29) is 22.4 Å². The molecule has 0 aliphatic carbocycles. The van der Waals surface area contributed by atoms with Gasteiger partial charge in [-0.15, -0.1) is 0 Å². The monoisotopic (exact) mass is 458 g/mol. The van der Waals surface area contributed by atoms with Gasteiger partial charge in [-0.3, -0.25) is 9.59 Å². The van der Waals surface area contributed by atoms with Gasteiger partial charge in [-0.05, 0) is 30.3 Å². The third-order valence-corrected chi connectivity index (χ3v) is 5.59. The number of amides is 2. The molecule has 9 heteroatoms. The number of anilines is 1. The standard InChI is InChI=1S/C25H18N2O7/c1-31-19-7-5-4-6-18(19)27-23(28)14-9-8-13(10-15(14)24(27)29)22-26-17-12-21(33-3)20(32-2)11-16(17)25(30)34-22/h4-12H,1-3H3. The minimum absolute atomic E-state index is 0.00325. The Morgan fingerprint density at radius 3 is 2.18 bits per heavy atom. The Labute approximate surface area is 193 Å². The normalized spacial score (nSPS) is 12.7. The summed E-state index contributed by atoms with van der Waals surface area (Å²) in [5.74, 6) is 0.185. The van der Waals surface area contributed by atoms with Crippen molar-refractivity contribution in [2.45, 2.75) is 0 Å². The van der Waals surface area contributed by atoms with E-state index in [1.165, 1.54) is 39.5 Å². The summed E-state index contributed by atoms with van der Waals surface area (Å²) in [6, 6.07) is 14.4. The van der Waals surface area contributed by atoms with Crippen LogP contribution in [0.3, 0.4) is 0 Å². The van der Waals surface area contributed by atoms with Crippen LogP contribution in [0.2, 0.25) is 0 Å². The first-order valence-corrected chi connectivity index (χ1v) is 10.2. The summed E-state index contributed by atoms with van der Waals surface area (Å²) in [6.07, 6.45) is 0. The van der Waals surface area contributed by atoms with Gasteiger partial charge < -0.3 is 18.6 Å². The molecule has 1 aliphatic heterocycles. The third-order valence-electron chi connectivity index (χ3n) is 5.59. The van der Waals surface area contributed by atoms with E-state index < -0.39 is 17.4 Å². The van der Waals surface area contributed by atoms with Crippen molar-refractivity contribution in [1.82, 2.24) is 4.98 Å². The molecular weight excluding hydrogens is 440 g/mol. The van der Waals surface area contributed by atoms with Crippen molar-refractivity contribution in [2.75, 3.05) is 26.2 Å². The number of carbonyl (C=O) groups excluding carboxylic acids is 2. The molecular formula is C25H18N2O7. The van der Waals surface area contributed by atoms with Crippen molar-refractivity contribution in [1.29, 1.82) is 0 Å². The van der Waals surface area contributed by atoms with Crippen LogP contribution in [0.4, 0.5) is 5.69 Å². The molecule has 0 bridgehead atoms. The second-order valence-corrected chi connectivity index (χ2v) is 7.41. The van der Waals surface area contributed by atoms with Gasteiger partial charge in [0.25, 0.3) is 11.8 Å². The van der Waals surface area contributed by atoms with Crippen molar-refractivity contribution >= 4 is 28.4 Å². The minimum Gasteiger partial charge on any atom is -0.495 e. The molecule has 0 unspecified atom stereocenters. The lowest BCUT2D eigenvalue weighted by Gasteiger charge is -2.16. The van der Waals surface area contributed by atoms with Gasteiger partial charge in [0.1, 0.15) is 5.75 Å². The molecule has 0 saturated heterocycles. The highest BCUT2D eigenvalue weighted by atomic mass is 16.5. The highest BCUT2D eigenvalue weighted by molar-refractivity contribution is 6.35. The van der Waals surface area contributed by atoms with Crippen LogP contribution in [0.15, 0.2) is 63.8 Å². The second kappa shape index (κ2) is 8.04. The second-order valence-electron chi connectivity index (χ2n) is 7.41. The van der Waals surface area contributed by atoms with E-state index in [0.29, 0.717) is 34.0 Å². The summed E-state index contributed by atoms with van der Waals surface area (Å²) in [5.41, 5.74) is 0.825. The molecule has 0 fully saturated rings. The zero-order valence-electron chi connectivity index (χ0n) is 18.4. The molecule has 1 aliphatic rings. The van der Waals surface area contributed by atoms with Crippen LogP contribution in [-0.4, -0.2) is 38.1 Å². The number of para-hydroxylation sites is 2. The number of methoxy groups -OCH3 is 3. The maximum atomic E-state index is 13.2. The van der Waals surface area contributed by atoms with Gasteiger partial charge in [-0.25, -0.2) is 14.7 Å². The fourth-order valence-corrected chi connectivity index (χ4v) is 3.93. The van der Waals surface area contributed by atoms with Gasteiger partial charge in [0.2, 0.25) is 5.89 Å². The molecule has 170 valence electrons. The van der Waals surface area contributed by atoms with Crippen molar-refractivity contribution in [3.8, 4) is 28.7 Å². The lowest BCUT2D eigenvalue weighted by atomic mass is 10.1. The summed E-state index contributed by atoms with van der Waals surface area (Å²) in [5, 5.41) is 0.219. The highest BCUT2D eigenvalue weighted by Gasteiger charge is 2.38. The van der Waals surface area contributed by atoms with Crippen LogP contribution >= 0.6 is 0 Å². The van der Waals surface area contributed by atoms with Crippen molar-refractivity contribution in [2.24, 2.45) is 0 Å². The molecule has 34 heavy (non-hydrogen) atoms. The zero-order chi connectivity index (χ0) is 24.0. The average Bonchev–Trinajstić information content (AvgIpc) is 3.12. The molecule has 0 spiro atoms. The summed E-state index contributed by atoms with van der Waals surface area (Å²) in [4.78, 5) is 44.4. The summed E-state index contributed by atoms with van der Waals surface area (Å²) in [6.45, 7) is 0. The Bertz CT molecular complexity index is 1540. The number of nitrogens with zero attached hydrogens (tertiary/aromatic N) is 2. The first-order valence-electron chi connectivity index (χ1n) is 10.2. The maximum absolute atomic E-state index is 13.2. The van der Waals surface area contributed by atoms with E-state index in [9.17, 15) is 14.4 Å². The van der Waals surface area contributed by atoms with E-state index in [0.717, 1.165) is 4.90 Å². The minimum atomic E-state index is -0.625. The fraction of sp³-hybridized carbons (Fsp3) is 0.120. The Balaban J connectivity index is 1.60. The van der Waals surface area contributed by atoms with Crippen LogP contribution < -0.4 is 24.7 Å². The fourth-order valence-electron chi connectivity index (χ4n) is 3.93. The Hall–Kier alpha value is -4.66. The SMILES string of the molecule is COc1cc2nc(-c3ccc4c(c3)C(=O)N(c3ccccc3OC)C4=O)oc(=O)c2cc1OC. The molecule has 2 heterocycles. The number of benzene rings is 3. The first kappa shape index (κ1) is 21.2. The molecule has 5 rings (SSSR count). The van der Waals surface area contributed by atoms with Crippen LogP contribution in [0, 0.1) is 0 Å². The lowest BCUT2D eigenvalue weighted by molar-refractivity contribution is 0.0925. The first-order chi connectivity index (χ1) is 16.5. The Morgan fingerprint density at radius 1 is 0.765 bits per heavy atom. The predicted octanol–water partition coefficient (Wildman–Crippen LogP) is 3.68. The molecule has 0 saturated carbocycles. The molecule has 1 aromatic heterocycles. The van der Waals surface area contributed by atoms with Gasteiger partial charge in [0.05, 0.1) is 49.0 Å². The van der Waals surface area contributed by atoms with Crippen molar-refractivity contribution < 1.29 is 28.2 Å². The number of aromatic nitrogens is 1. The number of imide groups is 1. The number of rotatable bonds is 5. The van der Waals surface area contributed by atoms with Gasteiger partial charge in [0, 0.05) is 17.7 Å². The molecule has 0 N–H and O–H groups in total. The molecule has 0 radical (unpaired) electrons. The van der Waals surface area contributed by atoms with Crippen LogP contribution in [0.1, 0.15) is 20.7 Å². The lowest BCUT2D eigenvalue weighted by Crippen LogP contribution is -2.29. The van der Waals surface area contributed by atoms with E-state index in [1.807, 2.05) is 0 Å². The van der Waals surface area contributed by atoms with E-state index in [2.05, 4.69) is 4.98 Å². The maximum Gasteiger partial charge on any atom is 0.347 e. The van der Waals surface area contributed by atoms with Gasteiger partial charge >= 0.3 is 5.63 Å². The van der Waals surface area contributed by atoms with Crippen LogP contribution in [0.5, 0.6) is 17.2 Å². The smallest absolute Gasteiger partial charge is 0.347 e. The van der Waals surface area contributed by atoms with Crippen LogP contribution in [-0.2, 0) is 0 Å². The topological polar surface area (TPSA) is 108 Å². The summed E-state index contributed by atoms with van der Waals surface area (Å²) < 4.78 is 21.3. The van der Waals surface area contributed by atoms with Crippen molar-refractivity contribution in [3.05, 3.63) is 76.1 Å². The Kier molecular flexibility index (Phi) is 5.01. The van der Waals surface area contributed by atoms with Crippen LogP contribution in [0.25, 0.3) is 22.4 Å². The predicted molar refractivity (Wildman–Crippen MR) is 123 cm³/mol. The molecule has 3 aromatic carbocycles. The number of carbonyl (C=O) groups is 2. The van der Waals surface area contributed by atoms with E-state index >= 15 is 0 Å². The molecule has 4 aromatic rings. The van der Waals surface area contributed by atoms with Gasteiger partial charge in [0.15, 0.2) is 11.5 Å². The summed E-state index contributed by atoms with van der Waals surface area (Å²) >= 11 is 0. The zero-order valence-corrected chi connectivity index (χ0v) is 18.4. The molecule has 2 amide bonds. The average molecular weight is 458 g/mol. The van der Waals surface area contributed by atoms with E-state index in [1.54, 1.807) is 36.4 Å². The summed E-state index contributed by atoms with van der Waals surface area (Å²) in [7, 11) is 4.41. The number of hydrogen-bond acceptors (Lipinski definition) is 8. The molecule has 0 atom stereocenters. The largest absolute Gasteiger partial charge is 0.495 e. The third kappa shape index (κ3) is 3.17. The van der Waals surface area contributed by atoms with Crippen molar-refractivity contribution in [3.63, 3.8) is 0 Å². The quantitative estimate of drug-likeness (QED) is 0.417. The van der Waals surface area contributed by atoms with Gasteiger partial charge in [-0.1, -0.05) is 12.1 Å². The molecule has 9 nitrogen and oxygen atoms in total. The number of ether oxygens (including phenoxy) is 3. The van der Waals surface area contributed by atoms with Gasteiger partial charge in [-0.2, -0.15) is 0 Å². The van der Waals surface area contributed by atoms with E-state index in [4.69, 9.17) is 18.6 Å². The number of hydrogen-bond donors (Lipinski definition) is 0. The highest BCUT2D eigenvalue weighted by Crippen LogP contribution is 2.36. The number of fused-ring (bicyclic) bond motifs is 2.